The SMILES string of the molecule is CCOC(=O)C1=C(CN(CC)Cc2ccc(OC)c(F)c2)NC(=O)N[C@H]1C. The molecule has 1 heterocycles. The molecule has 0 saturated heterocycles. The van der Waals surface area contributed by atoms with E-state index in [4.69, 9.17) is 9.47 Å². The summed E-state index contributed by atoms with van der Waals surface area (Å²) in [6.07, 6.45) is 0. The molecule has 0 saturated carbocycles. The first-order valence-electron chi connectivity index (χ1n) is 8.92. The number of rotatable bonds is 8. The van der Waals surface area contributed by atoms with E-state index in [2.05, 4.69) is 10.6 Å². The summed E-state index contributed by atoms with van der Waals surface area (Å²) in [6, 6.07) is 3.97. The van der Waals surface area contributed by atoms with Crippen molar-refractivity contribution < 1.29 is 23.5 Å². The minimum atomic E-state index is -0.459. The van der Waals surface area contributed by atoms with E-state index in [9.17, 15) is 14.0 Å². The van der Waals surface area contributed by atoms with E-state index >= 15 is 0 Å². The molecule has 0 radical (unpaired) electrons. The molecule has 0 aliphatic carbocycles. The first-order valence-corrected chi connectivity index (χ1v) is 8.92. The Morgan fingerprint density at radius 3 is 2.63 bits per heavy atom. The van der Waals surface area contributed by atoms with Crippen molar-refractivity contribution in [2.45, 2.75) is 33.4 Å². The van der Waals surface area contributed by atoms with Gasteiger partial charge < -0.3 is 20.1 Å². The zero-order chi connectivity index (χ0) is 20.0. The highest BCUT2D eigenvalue weighted by molar-refractivity contribution is 5.94. The minimum Gasteiger partial charge on any atom is -0.494 e. The zero-order valence-corrected chi connectivity index (χ0v) is 16.1. The highest BCUT2D eigenvalue weighted by atomic mass is 19.1. The fraction of sp³-hybridized carbons (Fsp3) is 0.474. The van der Waals surface area contributed by atoms with Crippen LogP contribution in [0.2, 0.25) is 0 Å². The van der Waals surface area contributed by atoms with Crippen LogP contribution < -0.4 is 15.4 Å². The van der Waals surface area contributed by atoms with Gasteiger partial charge in [0.25, 0.3) is 0 Å². The highest BCUT2D eigenvalue weighted by Gasteiger charge is 2.30. The van der Waals surface area contributed by atoms with Gasteiger partial charge in [-0.25, -0.2) is 14.0 Å². The fourth-order valence-electron chi connectivity index (χ4n) is 2.97. The van der Waals surface area contributed by atoms with Crippen LogP contribution in [0.25, 0.3) is 0 Å². The van der Waals surface area contributed by atoms with E-state index in [-0.39, 0.29) is 18.4 Å². The van der Waals surface area contributed by atoms with E-state index < -0.39 is 17.8 Å². The van der Waals surface area contributed by atoms with Gasteiger partial charge in [0.05, 0.1) is 25.3 Å². The molecule has 0 fully saturated rings. The first-order chi connectivity index (χ1) is 12.9. The fourth-order valence-corrected chi connectivity index (χ4v) is 2.97. The standard InChI is InChI=1S/C19H26FN3O4/c1-5-23(10-13-7-8-16(26-4)14(20)9-13)11-15-17(18(24)27-6-2)12(3)21-19(25)22-15/h7-9,12H,5-6,10-11H2,1-4H3,(H2,21,22,25)/t12-/m0/s1. The van der Waals surface area contributed by atoms with Gasteiger partial charge in [-0.2, -0.15) is 0 Å². The number of nitrogens with one attached hydrogen (secondary N) is 2. The summed E-state index contributed by atoms with van der Waals surface area (Å²) in [5, 5.41) is 5.38. The molecule has 1 aromatic carbocycles. The molecule has 1 aliphatic rings. The molecule has 1 aromatic rings. The van der Waals surface area contributed by atoms with Gasteiger partial charge in [0.15, 0.2) is 11.6 Å². The molecular weight excluding hydrogens is 353 g/mol. The lowest BCUT2D eigenvalue weighted by molar-refractivity contribution is -0.139. The molecule has 27 heavy (non-hydrogen) atoms. The van der Waals surface area contributed by atoms with Crippen molar-refractivity contribution in [2.75, 3.05) is 26.8 Å². The molecule has 1 atom stereocenters. The van der Waals surface area contributed by atoms with E-state index in [0.29, 0.717) is 30.9 Å². The number of urea groups is 1. The molecular formula is C19H26FN3O4. The van der Waals surface area contributed by atoms with Gasteiger partial charge in [-0.05, 0) is 38.1 Å². The number of benzene rings is 1. The second-order valence-electron chi connectivity index (χ2n) is 6.21. The largest absolute Gasteiger partial charge is 0.494 e. The first kappa shape index (κ1) is 20.7. The number of halogens is 1. The third kappa shape index (κ3) is 5.19. The van der Waals surface area contributed by atoms with Gasteiger partial charge in [0.1, 0.15) is 0 Å². The van der Waals surface area contributed by atoms with Gasteiger partial charge in [-0.1, -0.05) is 13.0 Å². The second-order valence-corrected chi connectivity index (χ2v) is 6.21. The molecule has 2 N–H and O–H groups in total. The predicted octanol–water partition coefficient (Wildman–Crippen LogP) is 2.17. The molecule has 8 heteroatoms. The smallest absolute Gasteiger partial charge is 0.337 e. The van der Waals surface area contributed by atoms with Crippen molar-refractivity contribution >= 4 is 12.0 Å². The van der Waals surface area contributed by atoms with Crippen LogP contribution in [0.15, 0.2) is 29.5 Å². The van der Waals surface area contributed by atoms with Crippen LogP contribution in [0.4, 0.5) is 9.18 Å². The summed E-state index contributed by atoms with van der Waals surface area (Å²) in [5.74, 6) is -0.700. The second kappa shape index (κ2) is 9.36. The van der Waals surface area contributed by atoms with Gasteiger partial charge in [0.2, 0.25) is 0 Å². The normalized spacial score (nSPS) is 16.8. The Balaban J connectivity index is 2.23. The topological polar surface area (TPSA) is 79.9 Å². The van der Waals surface area contributed by atoms with Crippen LogP contribution in [0.3, 0.4) is 0 Å². The van der Waals surface area contributed by atoms with Gasteiger partial charge >= 0.3 is 12.0 Å². The zero-order valence-electron chi connectivity index (χ0n) is 16.1. The maximum Gasteiger partial charge on any atom is 0.337 e. The van der Waals surface area contributed by atoms with Crippen LogP contribution >= 0.6 is 0 Å². The van der Waals surface area contributed by atoms with Crippen LogP contribution in [0.1, 0.15) is 26.3 Å². The molecule has 1 aliphatic heterocycles. The lowest BCUT2D eigenvalue weighted by Crippen LogP contribution is -2.51. The summed E-state index contributed by atoms with van der Waals surface area (Å²) < 4.78 is 24.0. The summed E-state index contributed by atoms with van der Waals surface area (Å²) in [6.45, 7) is 7.10. The lowest BCUT2D eigenvalue weighted by Gasteiger charge is -2.30. The Labute approximate surface area is 158 Å². The van der Waals surface area contributed by atoms with E-state index in [0.717, 1.165) is 5.56 Å². The Morgan fingerprint density at radius 1 is 1.30 bits per heavy atom. The van der Waals surface area contributed by atoms with Gasteiger partial charge in [-0.3, -0.25) is 4.90 Å². The number of methoxy groups -OCH3 is 1. The summed E-state index contributed by atoms with van der Waals surface area (Å²) in [7, 11) is 1.42. The number of ether oxygens (including phenoxy) is 2. The maximum absolute atomic E-state index is 13.9. The Morgan fingerprint density at radius 2 is 2.04 bits per heavy atom. The number of amides is 2. The third-order valence-electron chi connectivity index (χ3n) is 4.32. The van der Waals surface area contributed by atoms with Crippen molar-refractivity contribution in [3.05, 3.63) is 40.8 Å². The maximum atomic E-state index is 13.9. The molecule has 7 nitrogen and oxygen atoms in total. The summed E-state index contributed by atoms with van der Waals surface area (Å²) in [5.41, 5.74) is 1.66. The number of esters is 1. The van der Waals surface area contributed by atoms with Crippen molar-refractivity contribution in [3.8, 4) is 5.75 Å². The van der Waals surface area contributed by atoms with Crippen molar-refractivity contribution in [1.29, 1.82) is 0 Å². The molecule has 0 bridgehead atoms. The molecule has 0 unspecified atom stereocenters. The summed E-state index contributed by atoms with van der Waals surface area (Å²) >= 11 is 0. The minimum absolute atomic E-state index is 0.188. The van der Waals surface area contributed by atoms with Crippen LogP contribution in [-0.4, -0.2) is 49.7 Å². The number of carbonyl (C=O) groups excluding carboxylic acids is 2. The van der Waals surface area contributed by atoms with E-state index in [1.165, 1.54) is 13.2 Å². The number of hydrogen-bond donors (Lipinski definition) is 2. The van der Waals surface area contributed by atoms with Crippen molar-refractivity contribution in [2.24, 2.45) is 0 Å². The molecule has 2 amide bonds. The number of carbonyl (C=O) groups is 2. The third-order valence-corrected chi connectivity index (χ3v) is 4.32. The molecule has 0 spiro atoms. The number of hydrogen-bond acceptors (Lipinski definition) is 5. The molecule has 148 valence electrons. The van der Waals surface area contributed by atoms with Crippen LogP contribution in [-0.2, 0) is 16.1 Å². The lowest BCUT2D eigenvalue weighted by atomic mass is 10.0. The predicted molar refractivity (Wildman–Crippen MR) is 98.7 cm³/mol. The van der Waals surface area contributed by atoms with Gasteiger partial charge in [0, 0.05) is 18.8 Å². The number of likely N-dealkylation sites (N-methyl/N-ethyl adjacent to an activating group) is 1. The Hall–Kier alpha value is -2.61. The Bertz CT molecular complexity index is 736. The van der Waals surface area contributed by atoms with Crippen molar-refractivity contribution in [3.63, 3.8) is 0 Å². The van der Waals surface area contributed by atoms with E-state index in [1.54, 1.807) is 26.0 Å². The Kier molecular flexibility index (Phi) is 7.18. The van der Waals surface area contributed by atoms with Crippen molar-refractivity contribution in [1.82, 2.24) is 15.5 Å². The van der Waals surface area contributed by atoms with Gasteiger partial charge in [-0.15, -0.1) is 0 Å². The monoisotopic (exact) mass is 379 g/mol. The molecule has 2 rings (SSSR count). The summed E-state index contributed by atoms with van der Waals surface area (Å²) in [4.78, 5) is 26.2. The average Bonchev–Trinajstić information content (AvgIpc) is 2.61. The van der Waals surface area contributed by atoms with Crippen LogP contribution in [0, 0.1) is 5.82 Å². The average molecular weight is 379 g/mol. The quantitative estimate of drug-likeness (QED) is 0.677. The van der Waals surface area contributed by atoms with Crippen LogP contribution in [0.5, 0.6) is 5.75 Å². The molecule has 0 aromatic heterocycles. The van der Waals surface area contributed by atoms with E-state index in [1.807, 2.05) is 11.8 Å². The number of nitrogens with zero attached hydrogens (tertiary/aromatic N) is 1. The highest BCUT2D eigenvalue weighted by Crippen LogP contribution is 2.20.